The van der Waals surface area contributed by atoms with Gasteiger partial charge in [0.1, 0.15) is 5.75 Å². The Kier molecular flexibility index (Phi) is 7.20. The largest absolute Gasteiger partial charge is 0.497 e. The van der Waals surface area contributed by atoms with Crippen LogP contribution in [0.25, 0.3) is 0 Å². The van der Waals surface area contributed by atoms with Crippen molar-refractivity contribution >= 4 is 5.91 Å². The summed E-state index contributed by atoms with van der Waals surface area (Å²) in [5, 5.41) is 0. The Morgan fingerprint density at radius 1 is 1.09 bits per heavy atom. The summed E-state index contributed by atoms with van der Waals surface area (Å²) in [6, 6.07) is 19.0. The fourth-order valence-electron chi connectivity index (χ4n) is 6.76. The molecule has 2 saturated carbocycles. The first-order chi connectivity index (χ1) is 17.0. The molecule has 0 spiro atoms. The van der Waals surface area contributed by atoms with Gasteiger partial charge >= 0.3 is 0 Å². The van der Waals surface area contributed by atoms with Crippen LogP contribution >= 0.6 is 0 Å². The lowest BCUT2D eigenvalue weighted by Gasteiger charge is -2.55. The van der Waals surface area contributed by atoms with E-state index in [0.717, 1.165) is 43.2 Å². The maximum atomic E-state index is 13.8. The molecule has 4 nitrogen and oxygen atoms in total. The predicted octanol–water partition coefficient (Wildman–Crippen LogP) is 6.02. The summed E-state index contributed by atoms with van der Waals surface area (Å²) in [6.45, 7) is 8.90. The molecule has 0 aromatic heterocycles. The number of benzene rings is 2. The molecule has 2 aromatic rings. The number of amides is 1. The lowest BCUT2D eigenvalue weighted by Crippen LogP contribution is -2.57. The first-order valence-corrected chi connectivity index (χ1v) is 13.7. The summed E-state index contributed by atoms with van der Waals surface area (Å²) in [5.74, 6) is 3.13. The fourth-order valence-corrected chi connectivity index (χ4v) is 6.76. The van der Waals surface area contributed by atoms with Gasteiger partial charge in [0.15, 0.2) is 0 Å². The van der Waals surface area contributed by atoms with Crippen LogP contribution in [0.1, 0.15) is 68.3 Å². The Morgan fingerprint density at radius 2 is 1.89 bits per heavy atom. The number of piperidine rings is 1. The average Bonchev–Trinajstić information content (AvgIpc) is 3.71. The maximum absolute atomic E-state index is 13.8. The van der Waals surface area contributed by atoms with Gasteiger partial charge in [0.25, 0.3) is 5.91 Å². The number of methoxy groups -OCH3 is 1. The highest BCUT2D eigenvalue weighted by Crippen LogP contribution is 2.51. The van der Waals surface area contributed by atoms with Gasteiger partial charge in [-0.2, -0.15) is 0 Å². The number of hydrogen-bond acceptors (Lipinski definition) is 3. The van der Waals surface area contributed by atoms with Gasteiger partial charge in [0.2, 0.25) is 0 Å². The van der Waals surface area contributed by atoms with Crippen molar-refractivity contribution in [3.05, 3.63) is 65.7 Å². The average molecular weight is 475 g/mol. The van der Waals surface area contributed by atoms with Crippen LogP contribution in [-0.4, -0.2) is 55.0 Å². The lowest BCUT2D eigenvalue weighted by molar-refractivity contribution is 0.00989. The Bertz CT molecular complexity index is 1000. The van der Waals surface area contributed by atoms with Crippen molar-refractivity contribution in [3.8, 4) is 5.75 Å². The van der Waals surface area contributed by atoms with E-state index in [1.54, 1.807) is 7.11 Å². The van der Waals surface area contributed by atoms with Gasteiger partial charge in [-0.05, 0) is 92.7 Å². The summed E-state index contributed by atoms with van der Waals surface area (Å²) < 4.78 is 5.65. The summed E-state index contributed by atoms with van der Waals surface area (Å²) in [6.07, 6.45) is 7.32. The van der Waals surface area contributed by atoms with Crippen molar-refractivity contribution in [3.63, 3.8) is 0 Å². The second-order valence-electron chi connectivity index (χ2n) is 11.7. The Balaban J connectivity index is 1.46. The van der Waals surface area contributed by atoms with E-state index in [-0.39, 0.29) is 17.4 Å². The summed E-state index contributed by atoms with van der Waals surface area (Å²) in [5.41, 5.74) is 2.32. The normalized spacial score (nSPS) is 26.9. The monoisotopic (exact) mass is 474 g/mol. The zero-order chi connectivity index (χ0) is 24.4. The Labute approximate surface area is 211 Å². The number of rotatable bonds is 8. The molecule has 3 atom stereocenters. The standard InChI is InChI=1S/C31H42N2O2/c1-23(2)20-33(30(34)25-8-5-4-6-9-25)28-15-14-27-22-32(21-24-12-13-24)17-16-31(27,19-28)26-10-7-11-29(18-26)35-3/h4-11,18,23-24,27-28H,12-17,19-22H2,1-3H3. The molecular formula is C31H42N2O2. The molecule has 35 heavy (non-hydrogen) atoms. The summed E-state index contributed by atoms with van der Waals surface area (Å²) in [4.78, 5) is 18.7. The second-order valence-corrected chi connectivity index (χ2v) is 11.7. The van der Waals surface area contributed by atoms with E-state index in [1.807, 2.05) is 30.3 Å². The summed E-state index contributed by atoms with van der Waals surface area (Å²) in [7, 11) is 1.76. The minimum atomic E-state index is 0.101. The van der Waals surface area contributed by atoms with Crippen molar-refractivity contribution in [1.29, 1.82) is 0 Å². The minimum Gasteiger partial charge on any atom is -0.497 e. The molecular weight excluding hydrogens is 432 g/mol. The SMILES string of the molecule is COc1cccc(C23CCN(CC4CC4)CC2CCC(N(CC(C)C)C(=O)c2ccccc2)C3)c1. The van der Waals surface area contributed by atoms with Gasteiger partial charge in [-0.1, -0.05) is 44.2 Å². The molecule has 1 saturated heterocycles. The van der Waals surface area contributed by atoms with Gasteiger partial charge in [-0.3, -0.25) is 4.79 Å². The van der Waals surface area contributed by atoms with Crippen molar-refractivity contribution in [2.75, 3.05) is 33.3 Å². The molecule has 2 aromatic carbocycles. The Morgan fingerprint density at radius 3 is 2.60 bits per heavy atom. The zero-order valence-electron chi connectivity index (χ0n) is 21.8. The van der Waals surface area contributed by atoms with Crippen molar-refractivity contribution in [1.82, 2.24) is 9.80 Å². The smallest absolute Gasteiger partial charge is 0.254 e. The first-order valence-electron chi connectivity index (χ1n) is 13.7. The van der Waals surface area contributed by atoms with Crippen LogP contribution in [0.2, 0.25) is 0 Å². The number of fused-ring (bicyclic) bond motifs is 1. The summed E-state index contributed by atoms with van der Waals surface area (Å²) >= 11 is 0. The van der Waals surface area contributed by atoms with E-state index >= 15 is 0 Å². The van der Waals surface area contributed by atoms with Crippen LogP contribution in [0.15, 0.2) is 54.6 Å². The van der Waals surface area contributed by atoms with Gasteiger partial charge in [-0.25, -0.2) is 0 Å². The highest BCUT2D eigenvalue weighted by atomic mass is 16.5. The van der Waals surface area contributed by atoms with E-state index < -0.39 is 0 Å². The van der Waals surface area contributed by atoms with Gasteiger partial charge < -0.3 is 14.5 Å². The van der Waals surface area contributed by atoms with Crippen LogP contribution in [0, 0.1) is 17.8 Å². The second kappa shape index (κ2) is 10.3. The van der Waals surface area contributed by atoms with E-state index in [9.17, 15) is 4.79 Å². The third kappa shape index (κ3) is 5.28. The third-order valence-corrected chi connectivity index (χ3v) is 8.72. The van der Waals surface area contributed by atoms with E-state index in [1.165, 1.54) is 44.3 Å². The highest BCUT2D eigenvalue weighted by Gasteiger charge is 2.50. The molecule has 0 radical (unpaired) electrons. The molecule has 1 aliphatic heterocycles. The van der Waals surface area contributed by atoms with E-state index in [0.29, 0.717) is 11.8 Å². The van der Waals surface area contributed by atoms with Gasteiger partial charge in [0, 0.05) is 36.7 Å². The molecule has 0 bridgehead atoms. The third-order valence-electron chi connectivity index (χ3n) is 8.72. The van der Waals surface area contributed by atoms with Crippen molar-refractivity contribution in [2.45, 2.75) is 63.8 Å². The quantitative estimate of drug-likeness (QED) is 0.469. The van der Waals surface area contributed by atoms with Crippen LogP contribution in [-0.2, 0) is 5.41 Å². The molecule has 2 aliphatic carbocycles. The topological polar surface area (TPSA) is 32.8 Å². The number of likely N-dealkylation sites (tertiary alicyclic amines) is 1. The van der Waals surface area contributed by atoms with Crippen molar-refractivity contribution < 1.29 is 9.53 Å². The molecule has 3 aliphatic rings. The van der Waals surface area contributed by atoms with Crippen LogP contribution in [0.5, 0.6) is 5.75 Å². The number of hydrogen-bond donors (Lipinski definition) is 0. The van der Waals surface area contributed by atoms with Crippen LogP contribution < -0.4 is 4.74 Å². The molecule has 1 heterocycles. The number of nitrogens with zero attached hydrogens (tertiary/aromatic N) is 2. The van der Waals surface area contributed by atoms with Gasteiger partial charge in [-0.15, -0.1) is 0 Å². The fraction of sp³-hybridized carbons (Fsp3) is 0.581. The van der Waals surface area contributed by atoms with Gasteiger partial charge in [0.05, 0.1) is 7.11 Å². The number of carbonyl (C=O) groups is 1. The molecule has 3 fully saturated rings. The highest BCUT2D eigenvalue weighted by molar-refractivity contribution is 5.94. The molecule has 4 heteroatoms. The molecule has 3 unspecified atom stereocenters. The van der Waals surface area contributed by atoms with E-state index in [2.05, 4.69) is 47.9 Å². The van der Waals surface area contributed by atoms with Crippen molar-refractivity contribution in [2.24, 2.45) is 17.8 Å². The maximum Gasteiger partial charge on any atom is 0.254 e. The van der Waals surface area contributed by atoms with Crippen LogP contribution in [0.3, 0.4) is 0 Å². The number of carbonyl (C=O) groups excluding carboxylic acids is 1. The molecule has 0 N–H and O–H groups in total. The minimum absolute atomic E-state index is 0.101. The number of ether oxygens (including phenoxy) is 1. The zero-order valence-corrected chi connectivity index (χ0v) is 21.8. The molecule has 5 rings (SSSR count). The van der Waals surface area contributed by atoms with Crippen LogP contribution in [0.4, 0.5) is 0 Å². The predicted molar refractivity (Wildman–Crippen MR) is 142 cm³/mol. The lowest BCUT2D eigenvalue weighted by atomic mass is 9.57. The van der Waals surface area contributed by atoms with E-state index in [4.69, 9.17) is 4.74 Å². The molecule has 1 amide bonds. The Hall–Kier alpha value is -2.33. The molecule has 188 valence electrons. The first kappa shape index (κ1) is 24.4.